The molecule has 2 fully saturated rings. The first-order valence-electron chi connectivity index (χ1n) is 6.94. The third-order valence-electron chi connectivity index (χ3n) is 3.67. The number of sulfonamides is 1. The fourth-order valence-corrected chi connectivity index (χ4v) is 4.32. The molecule has 2 aliphatic rings. The molecule has 19 heavy (non-hydrogen) atoms. The van der Waals surface area contributed by atoms with Crippen molar-refractivity contribution in [2.24, 2.45) is 0 Å². The van der Waals surface area contributed by atoms with Gasteiger partial charge in [0.25, 0.3) is 0 Å². The van der Waals surface area contributed by atoms with Crippen molar-refractivity contribution in [2.75, 3.05) is 18.8 Å². The van der Waals surface area contributed by atoms with Crippen LogP contribution < -0.4 is 5.32 Å². The van der Waals surface area contributed by atoms with E-state index in [0.717, 1.165) is 32.2 Å². The predicted octanol–water partition coefficient (Wildman–Crippen LogP) is 0.397. The van der Waals surface area contributed by atoms with E-state index in [1.807, 2.05) is 0 Å². The van der Waals surface area contributed by atoms with E-state index in [2.05, 4.69) is 5.32 Å². The summed E-state index contributed by atoms with van der Waals surface area (Å²) < 4.78 is 26.2. The molecule has 1 saturated carbocycles. The molecule has 1 atom stereocenters. The third-order valence-corrected chi connectivity index (χ3v) is 5.63. The molecule has 7 heteroatoms. The van der Waals surface area contributed by atoms with Crippen molar-refractivity contribution < 1.29 is 18.3 Å². The molecule has 0 aromatic rings. The Morgan fingerprint density at radius 3 is 2.58 bits per heavy atom. The Kier molecular flexibility index (Phi) is 4.81. The van der Waals surface area contributed by atoms with Crippen molar-refractivity contribution in [3.05, 3.63) is 0 Å². The SMILES string of the molecule is O=C(O)CCCS(=O)(=O)N(CC1CCCN1)C1CC1. The summed E-state index contributed by atoms with van der Waals surface area (Å²) >= 11 is 0. The highest BCUT2D eigenvalue weighted by Gasteiger charge is 2.38. The second-order valence-corrected chi connectivity index (χ2v) is 7.45. The Balaban J connectivity index is 1.90. The monoisotopic (exact) mass is 290 g/mol. The summed E-state index contributed by atoms with van der Waals surface area (Å²) in [6.07, 6.45) is 4.10. The van der Waals surface area contributed by atoms with Crippen LogP contribution in [0.2, 0.25) is 0 Å². The van der Waals surface area contributed by atoms with Crippen LogP contribution in [-0.4, -0.2) is 54.7 Å². The van der Waals surface area contributed by atoms with Crippen LogP contribution in [0.1, 0.15) is 38.5 Å². The molecular weight excluding hydrogens is 268 g/mol. The molecule has 0 aromatic heterocycles. The van der Waals surface area contributed by atoms with E-state index in [1.165, 1.54) is 0 Å². The highest BCUT2D eigenvalue weighted by Crippen LogP contribution is 2.30. The maximum atomic E-state index is 12.3. The summed E-state index contributed by atoms with van der Waals surface area (Å²) in [6, 6.07) is 0.409. The van der Waals surface area contributed by atoms with Gasteiger partial charge < -0.3 is 10.4 Å². The molecule has 0 radical (unpaired) electrons. The molecule has 1 saturated heterocycles. The summed E-state index contributed by atoms with van der Waals surface area (Å²) in [5, 5.41) is 11.9. The summed E-state index contributed by atoms with van der Waals surface area (Å²) in [5.41, 5.74) is 0. The number of aliphatic carboxylic acids is 1. The third kappa shape index (κ3) is 4.43. The molecule has 0 amide bonds. The molecule has 1 aliphatic heterocycles. The minimum Gasteiger partial charge on any atom is -0.481 e. The highest BCUT2D eigenvalue weighted by molar-refractivity contribution is 7.89. The summed E-state index contributed by atoms with van der Waals surface area (Å²) in [5.74, 6) is -0.992. The molecule has 1 unspecified atom stereocenters. The van der Waals surface area contributed by atoms with Crippen molar-refractivity contribution in [3.8, 4) is 0 Å². The topological polar surface area (TPSA) is 86.7 Å². The van der Waals surface area contributed by atoms with Crippen molar-refractivity contribution in [2.45, 2.75) is 50.6 Å². The number of carboxylic acid groups (broad SMARTS) is 1. The molecular formula is C12H22N2O4S. The summed E-state index contributed by atoms with van der Waals surface area (Å²) in [7, 11) is -3.31. The zero-order chi connectivity index (χ0) is 13.9. The van der Waals surface area contributed by atoms with Gasteiger partial charge in [-0.1, -0.05) is 0 Å². The van der Waals surface area contributed by atoms with Gasteiger partial charge in [0.1, 0.15) is 0 Å². The number of carboxylic acids is 1. The molecule has 0 aromatic carbocycles. The quantitative estimate of drug-likeness (QED) is 0.675. The van der Waals surface area contributed by atoms with E-state index in [1.54, 1.807) is 4.31 Å². The maximum Gasteiger partial charge on any atom is 0.303 e. The molecule has 2 rings (SSSR count). The van der Waals surface area contributed by atoms with Gasteiger partial charge in [0.15, 0.2) is 0 Å². The maximum absolute atomic E-state index is 12.3. The summed E-state index contributed by atoms with van der Waals surface area (Å²) in [4.78, 5) is 10.5. The first-order chi connectivity index (χ1) is 8.99. The van der Waals surface area contributed by atoms with E-state index in [9.17, 15) is 13.2 Å². The van der Waals surface area contributed by atoms with Gasteiger partial charge in [-0.3, -0.25) is 4.79 Å². The fraction of sp³-hybridized carbons (Fsp3) is 0.917. The molecule has 1 heterocycles. The van der Waals surface area contributed by atoms with Gasteiger partial charge in [0, 0.05) is 25.0 Å². The van der Waals surface area contributed by atoms with Crippen LogP contribution in [0.15, 0.2) is 0 Å². The van der Waals surface area contributed by atoms with Gasteiger partial charge >= 0.3 is 5.97 Å². The molecule has 1 aliphatic carbocycles. The zero-order valence-electron chi connectivity index (χ0n) is 11.0. The molecule has 0 bridgehead atoms. The van der Waals surface area contributed by atoms with Gasteiger partial charge in [-0.2, -0.15) is 4.31 Å². The van der Waals surface area contributed by atoms with Crippen molar-refractivity contribution >= 4 is 16.0 Å². The second-order valence-electron chi connectivity index (χ2n) is 5.41. The minimum atomic E-state index is -3.31. The Hall–Kier alpha value is -0.660. The Labute approximate surface area is 114 Å². The van der Waals surface area contributed by atoms with Crippen molar-refractivity contribution in [1.82, 2.24) is 9.62 Å². The molecule has 110 valence electrons. The van der Waals surface area contributed by atoms with E-state index < -0.39 is 16.0 Å². The number of hydrogen-bond donors (Lipinski definition) is 2. The van der Waals surface area contributed by atoms with Crippen LogP contribution in [-0.2, 0) is 14.8 Å². The van der Waals surface area contributed by atoms with Gasteiger partial charge in [0.05, 0.1) is 5.75 Å². The largest absolute Gasteiger partial charge is 0.481 e. The highest BCUT2D eigenvalue weighted by atomic mass is 32.2. The first kappa shape index (κ1) is 14.7. The fourth-order valence-electron chi connectivity index (χ4n) is 2.51. The number of carbonyl (C=O) groups is 1. The van der Waals surface area contributed by atoms with Crippen molar-refractivity contribution in [1.29, 1.82) is 0 Å². The summed E-state index contributed by atoms with van der Waals surface area (Å²) in [6.45, 7) is 1.50. The average molecular weight is 290 g/mol. The Morgan fingerprint density at radius 1 is 1.32 bits per heavy atom. The molecule has 6 nitrogen and oxygen atoms in total. The number of hydrogen-bond acceptors (Lipinski definition) is 4. The van der Waals surface area contributed by atoms with Crippen LogP contribution in [0.25, 0.3) is 0 Å². The number of nitrogens with one attached hydrogen (secondary N) is 1. The van der Waals surface area contributed by atoms with Crippen LogP contribution >= 0.6 is 0 Å². The Morgan fingerprint density at radius 2 is 2.05 bits per heavy atom. The zero-order valence-corrected chi connectivity index (χ0v) is 11.9. The lowest BCUT2D eigenvalue weighted by Gasteiger charge is -2.25. The van der Waals surface area contributed by atoms with Crippen LogP contribution in [0.4, 0.5) is 0 Å². The van der Waals surface area contributed by atoms with Crippen molar-refractivity contribution in [3.63, 3.8) is 0 Å². The van der Waals surface area contributed by atoms with E-state index in [4.69, 9.17) is 5.11 Å². The van der Waals surface area contributed by atoms with Gasteiger partial charge in [0.2, 0.25) is 10.0 Å². The van der Waals surface area contributed by atoms with Crippen LogP contribution in [0, 0.1) is 0 Å². The number of nitrogens with zero attached hydrogens (tertiary/aromatic N) is 1. The van der Waals surface area contributed by atoms with Gasteiger partial charge in [-0.05, 0) is 38.6 Å². The lowest BCUT2D eigenvalue weighted by atomic mass is 10.2. The predicted molar refractivity (Wildman–Crippen MR) is 71.4 cm³/mol. The van der Waals surface area contributed by atoms with Gasteiger partial charge in [-0.15, -0.1) is 0 Å². The molecule has 0 spiro atoms. The van der Waals surface area contributed by atoms with Crippen LogP contribution in [0.3, 0.4) is 0 Å². The Bertz CT molecular complexity index is 413. The standard InChI is InChI=1S/C12H22N2O4S/c15-12(16)4-2-8-19(17,18)14(11-5-6-11)9-10-3-1-7-13-10/h10-11,13H,1-9H2,(H,15,16). The smallest absolute Gasteiger partial charge is 0.303 e. The van der Waals surface area contributed by atoms with Crippen LogP contribution in [0.5, 0.6) is 0 Å². The lowest BCUT2D eigenvalue weighted by Crippen LogP contribution is -2.43. The lowest BCUT2D eigenvalue weighted by molar-refractivity contribution is -0.137. The normalized spacial score (nSPS) is 23.9. The van der Waals surface area contributed by atoms with E-state index in [0.29, 0.717) is 6.54 Å². The number of rotatable bonds is 8. The van der Waals surface area contributed by atoms with E-state index in [-0.39, 0.29) is 30.7 Å². The minimum absolute atomic E-state index is 0.0531. The molecule has 2 N–H and O–H groups in total. The second kappa shape index (κ2) is 6.19. The van der Waals surface area contributed by atoms with E-state index >= 15 is 0 Å². The van der Waals surface area contributed by atoms with Gasteiger partial charge in [-0.25, -0.2) is 8.42 Å². The average Bonchev–Trinajstić information content (AvgIpc) is 3.02. The first-order valence-corrected chi connectivity index (χ1v) is 8.54.